The van der Waals surface area contributed by atoms with Gasteiger partial charge in [0.2, 0.25) is 6.23 Å². The number of thiocarbonyl (C=S) groups is 1. The first-order chi connectivity index (χ1) is 20.5. The van der Waals surface area contributed by atoms with Crippen molar-refractivity contribution in [3.05, 3.63) is 52.3 Å². The molecule has 0 bridgehead atoms. The fraction of sp³-hybridized carbons (Fsp3) is 0.435. The molecule has 2 aromatic heterocycles. The molecule has 3 atom stereocenters. The lowest BCUT2D eigenvalue weighted by atomic mass is 10.1. The Kier molecular flexibility index (Phi) is 12.9. The van der Waals surface area contributed by atoms with E-state index < -0.39 is 48.8 Å². The predicted molar refractivity (Wildman–Crippen MR) is 156 cm³/mol. The van der Waals surface area contributed by atoms with Gasteiger partial charge in [-0.05, 0) is 29.9 Å². The smallest absolute Gasteiger partial charge is 0.465 e. The van der Waals surface area contributed by atoms with Gasteiger partial charge in [-0.2, -0.15) is 18.9 Å². The number of pyridine rings is 1. The summed E-state index contributed by atoms with van der Waals surface area (Å²) >= 11 is 4.66. The minimum atomic E-state index is -3.88. The molecular formula is C23H27F2N7O8S3. The quantitative estimate of drug-likeness (QED) is 0.0544. The topological polar surface area (TPSA) is 216 Å². The minimum absolute atomic E-state index is 0.0108. The van der Waals surface area contributed by atoms with Gasteiger partial charge >= 0.3 is 23.7 Å². The van der Waals surface area contributed by atoms with Crippen LogP contribution in [0.15, 0.2) is 40.5 Å². The molecule has 0 saturated carbocycles. The van der Waals surface area contributed by atoms with Gasteiger partial charge in [-0.3, -0.25) is 19.8 Å². The minimum Gasteiger partial charge on any atom is -0.465 e. The Hall–Kier alpha value is -3.59. The van der Waals surface area contributed by atoms with E-state index >= 15 is 0 Å². The van der Waals surface area contributed by atoms with Gasteiger partial charge < -0.3 is 35.5 Å². The number of hydrogen-bond donors (Lipinski definition) is 4. The molecule has 0 aliphatic carbocycles. The van der Waals surface area contributed by atoms with E-state index in [4.69, 9.17) is 30.4 Å². The average Bonchev–Trinajstić information content (AvgIpc) is 3.17. The van der Waals surface area contributed by atoms with E-state index in [0.29, 0.717) is 27.3 Å². The number of aliphatic hydroxyl groups excluding tert-OH is 1. The Morgan fingerprint density at radius 1 is 1.26 bits per heavy atom. The second-order valence-corrected chi connectivity index (χ2v) is 11.6. The first-order valence-corrected chi connectivity index (χ1v) is 15.2. The van der Waals surface area contributed by atoms with Crippen LogP contribution in [0.1, 0.15) is 17.5 Å². The van der Waals surface area contributed by atoms with E-state index in [1.165, 1.54) is 27.8 Å². The van der Waals surface area contributed by atoms with Gasteiger partial charge in [-0.15, -0.1) is 0 Å². The number of nitrogens with two attached hydrogens (primary N) is 2. The van der Waals surface area contributed by atoms with Crippen molar-refractivity contribution in [1.82, 2.24) is 20.0 Å². The number of halogens is 2. The third-order valence-corrected chi connectivity index (χ3v) is 7.80. The lowest BCUT2D eigenvalue weighted by Gasteiger charge is -2.20. The summed E-state index contributed by atoms with van der Waals surface area (Å²) in [6.07, 6.45) is -3.46. The highest BCUT2D eigenvalue weighted by atomic mass is 33.1. The molecule has 3 rings (SSSR count). The molecule has 1 aliphatic heterocycles. The number of esters is 1. The van der Waals surface area contributed by atoms with Crippen LogP contribution in [-0.2, 0) is 30.2 Å². The first kappa shape index (κ1) is 33.9. The van der Waals surface area contributed by atoms with Crippen molar-refractivity contribution in [2.45, 2.75) is 30.8 Å². The van der Waals surface area contributed by atoms with Crippen LogP contribution in [0, 0.1) is 0 Å². The predicted octanol–water partition coefficient (Wildman–Crippen LogP) is 0.602. The molecule has 0 aromatic carbocycles. The van der Waals surface area contributed by atoms with Crippen LogP contribution in [0.25, 0.3) is 0 Å². The van der Waals surface area contributed by atoms with Crippen LogP contribution in [-0.4, -0.2) is 92.6 Å². The molecular weight excluding hydrogens is 636 g/mol. The van der Waals surface area contributed by atoms with Gasteiger partial charge in [0.15, 0.2) is 11.2 Å². The van der Waals surface area contributed by atoms with Gasteiger partial charge in [0.1, 0.15) is 31.7 Å². The fourth-order valence-corrected chi connectivity index (χ4v) is 5.16. The lowest BCUT2D eigenvalue weighted by molar-refractivity contribution is -0.142. The number of carbonyl (C=O) groups is 2. The number of rotatable bonds is 14. The molecule has 0 amide bonds. The number of nitrogens with one attached hydrogen (secondary N) is 1. The maximum atomic E-state index is 14.5. The molecule has 1 fully saturated rings. The van der Waals surface area contributed by atoms with Gasteiger partial charge in [0.25, 0.3) is 0 Å². The molecule has 3 unspecified atom stereocenters. The second-order valence-electron chi connectivity index (χ2n) is 8.42. The van der Waals surface area contributed by atoms with Crippen LogP contribution < -0.4 is 22.6 Å². The van der Waals surface area contributed by atoms with Crippen molar-refractivity contribution in [2.75, 3.05) is 37.1 Å². The summed E-state index contributed by atoms with van der Waals surface area (Å²) in [5, 5.41) is 13.8. The number of aliphatic hydroxyl groups is 1. The number of hydrazone groups is 1. The van der Waals surface area contributed by atoms with Crippen LogP contribution in [0.2, 0.25) is 0 Å². The SMILES string of the molecule is NC(=S)N/N=C\c1ncccc1CC(=O)OCCSSCCOC(=O)OCC1OC(n2ccc(N)nc2=O)C(F)(F)C1O. The highest BCUT2D eigenvalue weighted by molar-refractivity contribution is 8.76. The molecule has 0 radical (unpaired) electrons. The van der Waals surface area contributed by atoms with Crippen molar-refractivity contribution in [1.29, 1.82) is 0 Å². The van der Waals surface area contributed by atoms with Crippen molar-refractivity contribution >= 4 is 63.1 Å². The number of carbonyl (C=O) groups excluding carboxylic acids is 2. The first-order valence-electron chi connectivity index (χ1n) is 12.3. The number of aromatic nitrogens is 3. The van der Waals surface area contributed by atoms with E-state index in [0.717, 1.165) is 12.3 Å². The van der Waals surface area contributed by atoms with Gasteiger partial charge in [0.05, 0.1) is 18.3 Å². The van der Waals surface area contributed by atoms with Gasteiger partial charge in [0, 0.05) is 23.9 Å². The van der Waals surface area contributed by atoms with Crippen molar-refractivity contribution in [2.24, 2.45) is 10.8 Å². The summed E-state index contributed by atoms with van der Waals surface area (Å²) in [6.45, 7) is -0.673. The zero-order valence-corrected chi connectivity index (χ0v) is 24.6. The highest BCUT2D eigenvalue weighted by Crippen LogP contribution is 2.42. The standard InChI is InChI=1S/C23H27F2N7O8S3/c24-23(25)18(34)15(40-19(23)32-5-3-16(26)30-21(32)35)12-39-22(36)38-7-9-43-42-8-6-37-17(33)10-13-2-1-4-28-14(13)11-29-31-20(27)41/h1-5,11,15,18-19,34H,6-10,12H2,(H2,26,30,35)(H3,27,31,41)/b29-11-. The number of anilines is 1. The average molecular weight is 664 g/mol. The third kappa shape index (κ3) is 10.3. The van der Waals surface area contributed by atoms with Crippen molar-refractivity contribution in [3.63, 3.8) is 0 Å². The van der Waals surface area contributed by atoms with Gasteiger partial charge in [-0.25, -0.2) is 9.59 Å². The highest BCUT2D eigenvalue weighted by Gasteiger charge is 2.60. The molecule has 0 spiro atoms. The van der Waals surface area contributed by atoms with E-state index in [1.807, 2.05) is 0 Å². The maximum Gasteiger partial charge on any atom is 0.508 e. The molecule has 234 valence electrons. The number of nitrogens with zero attached hydrogens (tertiary/aromatic N) is 4. The zero-order valence-electron chi connectivity index (χ0n) is 22.2. The van der Waals surface area contributed by atoms with Crippen LogP contribution in [0.4, 0.5) is 19.4 Å². The number of nitrogen functional groups attached to an aromatic ring is 1. The Morgan fingerprint density at radius 2 is 1.98 bits per heavy atom. The number of alkyl halides is 2. The van der Waals surface area contributed by atoms with Gasteiger partial charge in [-0.1, -0.05) is 27.7 Å². The summed E-state index contributed by atoms with van der Waals surface area (Å²) in [6, 6.07) is 4.51. The zero-order chi connectivity index (χ0) is 31.4. The van der Waals surface area contributed by atoms with E-state index in [2.05, 4.69) is 32.7 Å². The molecule has 1 saturated heterocycles. The monoisotopic (exact) mass is 663 g/mol. The molecule has 20 heteroatoms. The number of hydrogen-bond acceptors (Lipinski definition) is 15. The lowest BCUT2D eigenvalue weighted by Crippen LogP contribution is -2.42. The molecule has 2 aromatic rings. The van der Waals surface area contributed by atoms with Crippen molar-refractivity contribution < 1.29 is 42.4 Å². The molecule has 1 aliphatic rings. The van der Waals surface area contributed by atoms with Crippen LogP contribution in [0.5, 0.6) is 0 Å². The summed E-state index contributed by atoms with van der Waals surface area (Å²) in [7, 11) is 2.70. The molecule has 3 heterocycles. The Balaban J connectivity index is 1.28. The summed E-state index contributed by atoms with van der Waals surface area (Å²) in [4.78, 5) is 43.4. The van der Waals surface area contributed by atoms with Crippen molar-refractivity contribution in [3.8, 4) is 0 Å². The molecule has 15 nitrogen and oxygen atoms in total. The second kappa shape index (κ2) is 16.3. The maximum absolute atomic E-state index is 14.5. The number of ether oxygens (including phenoxy) is 4. The fourth-order valence-electron chi connectivity index (χ4n) is 3.45. The van der Waals surface area contributed by atoms with Crippen LogP contribution in [0.3, 0.4) is 0 Å². The Bertz CT molecular complexity index is 1370. The van der Waals surface area contributed by atoms with E-state index in [9.17, 15) is 28.3 Å². The summed E-state index contributed by atoms with van der Waals surface area (Å²) in [5.41, 5.74) is 13.0. The Morgan fingerprint density at radius 3 is 2.67 bits per heavy atom. The summed E-state index contributed by atoms with van der Waals surface area (Å²) in [5.74, 6) is -3.71. The Labute approximate surface area is 256 Å². The normalized spacial score (nSPS) is 19.2. The van der Waals surface area contributed by atoms with Crippen LogP contribution >= 0.6 is 33.8 Å². The largest absolute Gasteiger partial charge is 0.508 e. The van der Waals surface area contributed by atoms with E-state index in [1.54, 1.807) is 18.3 Å². The molecule has 43 heavy (non-hydrogen) atoms. The molecule has 6 N–H and O–H groups in total. The third-order valence-electron chi connectivity index (χ3n) is 5.37. The van der Waals surface area contributed by atoms with E-state index in [-0.39, 0.29) is 30.6 Å². The summed E-state index contributed by atoms with van der Waals surface area (Å²) < 4.78 is 49.5.